The van der Waals surface area contributed by atoms with Crippen molar-refractivity contribution in [2.45, 2.75) is 6.92 Å². The summed E-state index contributed by atoms with van der Waals surface area (Å²) in [4.78, 5) is 59.0. The fourth-order valence-corrected chi connectivity index (χ4v) is 6.89. The molecule has 0 atom stereocenters. The summed E-state index contributed by atoms with van der Waals surface area (Å²) in [5, 5.41) is 1.30. The highest BCUT2D eigenvalue weighted by Crippen LogP contribution is 2.37. The molecule has 2 N–H and O–H groups in total. The van der Waals surface area contributed by atoms with Gasteiger partial charge in [0.15, 0.2) is 11.2 Å². The quantitative estimate of drug-likeness (QED) is 0.157. The number of aliphatic imine (C=N–C) groups is 1. The Morgan fingerprint density at radius 1 is 0.691 bits per heavy atom. The van der Waals surface area contributed by atoms with Crippen molar-refractivity contribution in [1.29, 1.82) is 0 Å². The van der Waals surface area contributed by atoms with Crippen LogP contribution in [0.4, 0.5) is 5.82 Å². The van der Waals surface area contributed by atoms with Gasteiger partial charge in [-0.25, -0.2) is 19.9 Å². The zero-order valence-corrected chi connectivity index (χ0v) is 29.5. The van der Waals surface area contributed by atoms with E-state index in [0.29, 0.717) is 28.2 Å². The SMILES string of the molecule is C=Nc1ncc(-c2cccc(-c3nc4[nH]c(=O)ccc4cc3-c3ccc4nccnc4c3)c2)cc1/C=C(\C)c1cc2c(=O)cc[nH]c2nc1-c1ccccc1. The van der Waals surface area contributed by atoms with E-state index >= 15 is 0 Å². The molecule has 0 aliphatic rings. The van der Waals surface area contributed by atoms with Crippen molar-refractivity contribution < 1.29 is 0 Å². The summed E-state index contributed by atoms with van der Waals surface area (Å²) in [5.41, 5.74) is 11.4. The Balaban J connectivity index is 1.17. The van der Waals surface area contributed by atoms with Crippen LogP contribution in [0.25, 0.3) is 89.5 Å². The van der Waals surface area contributed by atoms with Crippen molar-refractivity contribution in [2.24, 2.45) is 4.99 Å². The molecule has 0 bridgehead atoms. The van der Waals surface area contributed by atoms with Gasteiger partial charge >= 0.3 is 0 Å². The van der Waals surface area contributed by atoms with Gasteiger partial charge in [0.2, 0.25) is 5.56 Å². The molecule has 10 heteroatoms. The van der Waals surface area contributed by atoms with E-state index in [1.54, 1.807) is 30.9 Å². The van der Waals surface area contributed by atoms with Crippen LogP contribution in [0.15, 0.2) is 149 Å². The topological polar surface area (TPSA) is 143 Å². The van der Waals surface area contributed by atoms with Crippen molar-refractivity contribution in [3.8, 4) is 44.8 Å². The number of nitrogens with one attached hydrogen (secondary N) is 2. The first kappa shape index (κ1) is 33.1. The monoisotopic (exact) mass is 714 g/mol. The van der Waals surface area contributed by atoms with Crippen LogP contribution < -0.4 is 11.0 Å². The van der Waals surface area contributed by atoms with Gasteiger partial charge < -0.3 is 9.97 Å². The van der Waals surface area contributed by atoms with E-state index in [2.05, 4.69) is 37.7 Å². The maximum Gasteiger partial charge on any atom is 0.249 e. The van der Waals surface area contributed by atoms with Crippen molar-refractivity contribution in [1.82, 2.24) is 34.9 Å². The Labute approximate surface area is 313 Å². The highest BCUT2D eigenvalue weighted by atomic mass is 16.1. The minimum Gasteiger partial charge on any atom is -0.346 e. The number of hydrogen-bond donors (Lipinski definition) is 2. The van der Waals surface area contributed by atoms with Gasteiger partial charge in [-0.05, 0) is 78.9 Å². The predicted molar refractivity (Wildman–Crippen MR) is 220 cm³/mol. The lowest BCUT2D eigenvalue weighted by molar-refractivity contribution is 1.23. The van der Waals surface area contributed by atoms with Crippen molar-refractivity contribution >= 4 is 57.3 Å². The van der Waals surface area contributed by atoms with E-state index < -0.39 is 0 Å². The summed E-state index contributed by atoms with van der Waals surface area (Å²) in [7, 11) is 0. The molecule has 0 amide bonds. The van der Waals surface area contributed by atoms with Crippen LogP contribution >= 0.6 is 0 Å². The van der Waals surface area contributed by atoms with Crippen LogP contribution in [0.1, 0.15) is 18.1 Å². The van der Waals surface area contributed by atoms with Crippen LogP contribution in [-0.2, 0) is 0 Å². The van der Waals surface area contributed by atoms with Crippen molar-refractivity contribution in [3.63, 3.8) is 0 Å². The maximum atomic E-state index is 12.9. The highest BCUT2D eigenvalue weighted by Gasteiger charge is 2.17. The second-order valence-corrected chi connectivity index (χ2v) is 13.1. The van der Waals surface area contributed by atoms with E-state index in [1.165, 1.54) is 12.1 Å². The van der Waals surface area contributed by atoms with Gasteiger partial charge in [0, 0.05) is 75.7 Å². The molecule has 0 fully saturated rings. The van der Waals surface area contributed by atoms with E-state index in [-0.39, 0.29) is 11.0 Å². The number of benzene rings is 3. The van der Waals surface area contributed by atoms with Crippen LogP contribution in [0.3, 0.4) is 0 Å². The molecule has 0 aliphatic heterocycles. The van der Waals surface area contributed by atoms with Crippen LogP contribution in [0.5, 0.6) is 0 Å². The molecule has 9 rings (SSSR count). The summed E-state index contributed by atoms with van der Waals surface area (Å²) < 4.78 is 0. The number of aromatic nitrogens is 7. The minimum absolute atomic E-state index is 0.114. The molecular weight excluding hydrogens is 685 g/mol. The minimum atomic E-state index is -0.228. The zero-order valence-electron chi connectivity index (χ0n) is 29.5. The predicted octanol–water partition coefficient (Wildman–Crippen LogP) is 9.06. The molecule has 9 aromatic rings. The second kappa shape index (κ2) is 13.7. The molecule has 10 nitrogen and oxygen atoms in total. The van der Waals surface area contributed by atoms with E-state index in [1.807, 2.05) is 97.9 Å². The van der Waals surface area contributed by atoms with Crippen LogP contribution in [0, 0.1) is 0 Å². The highest BCUT2D eigenvalue weighted by molar-refractivity contribution is 5.95. The Bertz CT molecular complexity index is 3130. The molecule has 0 spiro atoms. The van der Waals surface area contributed by atoms with Gasteiger partial charge in [-0.15, -0.1) is 0 Å². The summed E-state index contributed by atoms with van der Waals surface area (Å²) in [6, 6.07) is 34.6. The lowest BCUT2D eigenvalue weighted by atomic mass is 9.94. The van der Waals surface area contributed by atoms with Crippen molar-refractivity contribution in [2.75, 3.05) is 0 Å². The average molecular weight is 715 g/mol. The van der Waals surface area contributed by atoms with Crippen LogP contribution in [-0.4, -0.2) is 41.6 Å². The largest absolute Gasteiger partial charge is 0.346 e. The Morgan fingerprint density at radius 2 is 1.49 bits per heavy atom. The molecule has 0 aliphatic carbocycles. The molecule has 262 valence electrons. The fourth-order valence-electron chi connectivity index (χ4n) is 6.89. The molecular formula is C45H30N8O2. The van der Waals surface area contributed by atoms with Gasteiger partial charge in [-0.1, -0.05) is 54.6 Å². The second-order valence-electron chi connectivity index (χ2n) is 13.1. The third-order valence-corrected chi connectivity index (χ3v) is 9.59. The summed E-state index contributed by atoms with van der Waals surface area (Å²) in [5.74, 6) is 0.467. The van der Waals surface area contributed by atoms with Gasteiger partial charge in [0.25, 0.3) is 0 Å². The van der Waals surface area contributed by atoms with Gasteiger partial charge in [-0.2, -0.15) is 0 Å². The van der Waals surface area contributed by atoms with Crippen LogP contribution in [0.2, 0.25) is 0 Å². The third-order valence-electron chi connectivity index (χ3n) is 9.59. The molecule has 55 heavy (non-hydrogen) atoms. The Hall–Kier alpha value is -7.72. The van der Waals surface area contributed by atoms with Gasteiger partial charge in [0.1, 0.15) is 11.3 Å². The number of allylic oxidation sites excluding steroid dienone is 1. The first-order valence-electron chi connectivity index (χ1n) is 17.5. The van der Waals surface area contributed by atoms with Crippen molar-refractivity contribution in [3.05, 3.63) is 166 Å². The molecule has 3 aromatic carbocycles. The smallest absolute Gasteiger partial charge is 0.249 e. The number of rotatable bonds is 7. The lowest BCUT2D eigenvalue weighted by Gasteiger charge is -2.14. The van der Waals surface area contributed by atoms with E-state index in [4.69, 9.17) is 15.0 Å². The number of pyridine rings is 5. The Morgan fingerprint density at radius 3 is 2.35 bits per heavy atom. The number of nitrogens with zero attached hydrogens (tertiary/aromatic N) is 6. The zero-order chi connectivity index (χ0) is 37.5. The molecule has 6 heterocycles. The molecule has 0 saturated carbocycles. The third kappa shape index (κ3) is 6.27. The lowest BCUT2D eigenvalue weighted by Crippen LogP contribution is -2.04. The Kier molecular flexibility index (Phi) is 8.24. The number of hydrogen-bond acceptors (Lipinski definition) is 8. The summed E-state index contributed by atoms with van der Waals surface area (Å²) >= 11 is 0. The number of H-pyrrole nitrogens is 2. The molecule has 6 aromatic heterocycles. The first-order chi connectivity index (χ1) is 26.9. The van der Waals surface area contributed by atoms with E-state index in [0.717, 1.165) is 72.2 Å². The summed E-state index contributed by atoms with van der Waals surface area (Å²) in [6.07, 6.45) is 8.73. The first-order valence-corrected chi connectivity index (χ1v) is 17.5. The van der Waals surface area contributed by atoms with Gasteiger partial charge in [-0.3, -0.25) is 19.6 Å². The number of aromatic amines is 2. The standard InChI is InChI=1S/C45H30N8O2/c1-26(34-24-36-39(54)15-16-49-45(36)53-41(34)27-7-4-3-5-8-27)19-32-21-33(25-50-43(32)46-2)28-9-6-10-30(20-28)42-35(22-31-12-14-40(55)51-44(31)52-42)29-11-13-37-38(23-29)48-18-17-47-37/h3-25H,2H2,1H3,(H,49,53,54)(H,51,52,55)/b26-19+. The summed E-state index contributed by atoms with van der Waals surface area (Å²) in [6.45, 7) is 5.78. The average Bonchev–Trinajstić information content (AvgIpc) is 3.23. The van der Waals surface area contributed by atoms with Gasteiger partial charge in [0.05, 0.1) is 27.8 Å². The molecule has 0 saturated heterocycles. The number of fused-ring (bicyclic) bond motifs is 3. The fraction of sp³-hybridized carbons (Fsp3) is 0.0222. The molecule has 0 radical (unpaired) electrons. The molecule has 0 unspecified atom stereocenters. The van der Waals surface area contributed by atoms with E-state index in [9.17, 15) is 9.59 Å². The maximum absolute atomic E-state index is 12.9. The normalized spacial score (nSPS) is 11.7.